The highest BCUT2D eigenvalue weighted by molar-refractivity contribution is 5.82. The zero-order valence-corrected chi connectivity index (χ0v) is 12.9. The summed E-state index contributed by atoms with van der Waals surface area (Å²) < 4.78 is 2.16. The summed E-state index contributed by atoms with van der Waals surface area (Å²) in [6.07, 6.45) is 9.41. The number of aromatic nitrogens is 2. The smallest absolute Gasteiger partial charge is 0.223 e. The van der Waals surface area contributed by atoms with Gasteiger partial charge in [0.2, 0.25) is 5.91 Å². The Morgan fingerprint density at radius 1 is 1.48 bits per heavy atom. The van der Waals surface area contributed by atoms with E-state index in [0.717, 1.165) is 51.3 Å². The fourth-order valence-electron chi connectivity index (χ4n) is 3.58. The summed E-state index contributed by atoms with van der Waals surface area (Å²) in [6, 6.07) is 0. The molecule has 3 rings (SSSR count). The molecule has 0 bridgehead atoms. The molecular weight excluding hydrogens is 264 g/mol. The van der Waals surface area contributed by atoms with Gasteiger partial charge in [-0.25, -0.2) is 4.98 Å². The van der Waals surface area contributed by atoms with E-state index in [1.807, 2.05) is 19.3 Å². The van der Waals surface area contributed by atoms with Crippen molar-refractivity contribution < 1.29 is 4.79 Å². The fraction of sp³-hybridized carbons (Fsp3) is 0.750. The molecule has 2 heterocycles. The molecule has 116 valence electrons. The van der Waals surface area contributed by atoms with Gasteiger partial charge in [-0.2, -0.15) is 0 Å². The van der Waals surface area contributed by atoms with E-state index in [-0.39, 0.29) is 11.8 Å². The third-order valence-electron chi connectivity index (χ3n) is 5.15. The zero-order chi connectivity index (χ0) is 14.7. The van der Waals surface area contributed by atoms with Gasteiger partial charge in [-0.05, 0) is 57.5 Å². The number of amides is 1. The summed E-state index contributed by atoms with van der Waals surface area (Å²) in [5, 5.41) is 6.51. The molecule has 1 amide bonds. The maximum atomic E-state index is 12.2. The van der Waals surface area contributed by atoms with Gasteiger partial charge in [-0.3, -0.25) is 4.79 Å². The molecule has 0 aromatic carbocycles. The van der Waals surface area contributed by atoms with Gasteiger partial charge in [0, 0.05) is 31.4 Å². The number of hydrogen-bond donors (Lipinski definition) is 2. The molecule has 1 atom stereocenters. The van der Waals surface area contributed by atoms with Crippen LogP contribution in [0.5, 0.6) is 0 Å². The van der Waals surface area contributed by atoms with Crippen molar-refractivity contribution in [1.82, 2.24) is 20.2 Å². The largest absolute Gasteiger partial charge is 0.356 e. The Balaban J connectivity index is 1.31. The topological polar surface area (TPSA) is 59.0 Å². The van der Waals surface area contributed by atoms with Crippen LogP contribution in [0.25, 0.3) is 0 Å². The maximum absolute atomic E-state index is 12.2. The number of carbonyl (C=O) groups is 1. The van der Waals surface area contributed by atoms with Gasteiger partial charge in [0.25, 0.3) is 0 Å². The van der Waals surface area contributed by atoms with Crippen LogP contribution in [0.2, 0.25) is 0 Å². The van der Waals surface area contributed by atoms with Crippen LogP contribution in [0, 0.1) is 18.3 Å². The van der Waals surface area contributed by atoms with E-state index < -0.39 is 0 Å². The predicted molar refractivity (Wildman–Crippen MR) is 81.9 cm³/mol. The molecule has 1 aliphatic carbocycles. The Labute approximate surface area is 126 Å². The summed E-state index contributed by atoms with van der Waals surface area (Å²) >= 11 is 0. The molecule has 2 fully saturated rings. The first-order chi connectivity index (χ1) is 10.2. The molecule has 1 aliphatic heterocycles. The van der Waals surface area contributed by atoms with Crippen LogP contribution in [0.3, 0.4) is 0 Å². The summed E-state index contributed by atoms with van der Waals surface area (Å²) in [6.45, 7) is 5.97. The first-order valence-corrected chi connectivity index (χ1v) is 8.17. The molecule has 1 spiro atoms. The first-order valence-electron chi connectivity index (χ1n) is 8.17. The molecule has 21 heavy (non-hydrogen) atoms. The average molecular weight is 290 g/mol. The summed E-state index contributed by atoms with van der Waals surface area (Å²) in [5.41, 5.74) is 0.350. The highest BCUT2D eigenvalue weighted by Gasteiger charge is 2.57. The molecule has 5 heteroatoms. The number of imidazole rings is 1. The summed E-state index contributed by atoms with van der Waals surface area (Å²) in [7, 11) is 0. The van der Waals surface area contributed by atoms with Crippen molar-refractivity contribution in [1.29, 1.82) is 0 Å². The number of piperidine rings is 1. The van der Waals surface area contributed by atoms with Crippen LogP contribution in [-0.4, -0.2) is 35.1 Å². The van der Waals surface area contributed by atoms with E-state index in [1.54, 1.807) is 0 Å². The lowest BCUT2D eigenvalue weighted by Gasteiger charge is -2.23. The van der Waals surface area contributed by atoms with Crippen molar-refractivity contribution in [3.05, 3.63) is 18.2 Å². The molecule has 1 unspecified atom stereocenters. The van der Waals surface area contributed by atoms with Gasteiger partial charge in [-0.1, -0.05) is 0 Å². The number of rotatable bonds is 6. The highest BCUT2D eigenvalue weighted by Crippen LogP contribution is 2.58. The zero-order valence-electron chi connectivity index (χ0n) is 12.9. The van der Waals surface area contributed by atoms with E-state index in [4.69, 9.17) is 0 Å². The number of carbonyl (C=O) groups excluding carboxylic acids is 1. The molecule has 2 N–H and O–H groups in total. The molecule has 1 saturated carbocycles. The Morgan fingerprint density at radius 2 is 2.29 bits per heavy atom. The second-order valence-electron chi connectivity index (χ2n) is 6.54. The molecule has 2 aliphatic rings. The van der Waals surface area contributed by atoms with Crippen LogP contribution < -0.4 is 10.6 Å². The quantitative estimate of drug-likeness (QED) is 0.780. The molecule has 0 radical (unpaired) electrons. The fourth-order valence-corrected chi connectivity index (χ4v) is 3.58. The van der Waals surface area contributed by atoms with Gasteiger partial charge in [0.15, 0.2) is 0 Å². The Morgan fingerprint density at radius 3 is 3.00 bits per heavy atom. The minimum atomic E-state index is 0.287. The van der Waals surface area contributed by atoms with Crippen molar-refractivity contribution in [3.8, 4) is 0 Å². The lowest BCUT2D eigenvalue weighted by atomic mass is 9.92. The lowest BCUT2D eigenvalue weighted by Crippen LogP contribution is -2.34. The number of nitrogens with one attached hydrogen (secondary N) is 2. The van der Waals surface area contributed by atoms with E-state index in [2.05, 4.69) is 20.2 Å². The van der Waals surface area contributed by atoms with Gasteiger partial charge in [-0.15, -0.1) is 0 Å². The highest BCUT2D eigenvalue weighted by atomic mass is 16.2. The minimum Gasteiger partial charge on any atom is -0.356 e. The Hall–Kier alpha value is -1.36. The number of hydrogen-bond acceptors (Lipinski definition) is 3. The molecule has 1 aromatic heterocycles. The van der Waals surface area contributed by atoms with Crippen molar-refractivity contribution in [2.24, 2.45) is 11.3 Å². The molecule has 1 aromatic rings. The molecule has 1 saturated heterocycles. The van der Waals surface area contributed by atoms with Gasteiger partial charge < -0.3 is 15.2 Å². The number of aryl methyl sites for hydroxylation is 2. The monoisotopic (exact) mass is 290 g/mol. The maximum Gasteiger partial charge on any atom is 0.223 e. The van der Waals surface area contributed by atoms with E-state index in [9.17, 15) is 4.79 Å². The minimum absolute atomic E-state index is 0.287. The van der Waals surface area contributed by atoms with Crippen molar-refractivity contribution in [2.45, 2.75) is 45.6 Å². The normalized spacial score (nSPS) is 23.2. The van der Waals surface area contributed by atoms with Crippen LogP contribution in [-0.2, 0) is 11.3 Å². The number of unbranched alkanes of at least 4 members (excludes halogenated alkanes) is 1. The standard InChI is InChI=1S/C16H26N4O/c1-13-18-9-11-20(13)10-3-2-6-19-15(21)14-12-16(14)4-7-17-8-5-16/h9,11,14,17H,2-8,10,12H2,1H3,(H,19,21). The van der Waals surface area contributed by atoms with Crippen molar-refractivity contribution >= 4 is 5.91 Å². The molecular formula is C16H26N4O. The predicted octanol–water partition coefficient (Wildman–Crippen LogP) is 1.48. The van der Waals surface area contributed by atoms with E-state index in [0.29, 0.717) is 5.41 Å². The third-order valence-corrected chi connectivity index (χ3v) is 5.15. The second-order valence-corrected chi connectivity index (χ2v) is 6.54. The SMILES string of the molecule is Cc1nccn1CCCCNC(=O)C1CC12CCNCC2. The van der Waals surface area contributed by atoms with Crippen LogP contribution in [0.15, 0.2) is 12.4 Å². The number of nitrogens with zero attached hydrogens (tertiary/aromatic N) is 2. The Kier molecular flexibility index (Phi) is 4.29. The van der Waals surface area contributed by atoms with Gasteiger partial charge in [0.05, 0.1) is 0 Å². The van der Waals surface area contributed by atoms with Crippen LogP contribution in [0.4, 0.5) is 0 Å². The first kappa shape index (κ1) is 14.6. The van der Waals surface area contributed by atoms with E-state index in [1.165, 1.54) is 12.8 Å². The van der Waals surface area contributed by atoms with Crippen LogP contribution in [0.1, 0.15) is 37.9 Å². The van der Waals surface area contributed by atoms with E-state index >= 15 is 0 Å². The third kappa shape index (κ3) is 3.28. The second kappa shape index (κ2) is 6.18. The average Bonchev–Trinajstić information content (AvgIpc) is 3.02. The van der Waals surface area contributed by atoms with Gasteiger partial charge in [0.1, 0.15) is 5.82 Å². The van der Waals surface area contributed by atoms with Crippen molar-refractivity contribution in [2.75, 3.05) is 19.6 Å². The van der Waals surface area contributed by atoms with Crippen LogP contribution >= 0.6 is 0 Å². The van der Waals surface area contributed by atoms with Crippen molar-refractivity contribution in [3.63, 3.8) is 0 Å². The van der Waals surface area contributed by atoms with Gasteiger partial charge >= 0.3 is 0 Å². The lowest BCUT2D eigenvalue weighted by molar-refractivity contribution is -0.123. The Bertz CT molecular complexity index is 490. The summed E-state index contributed by atoms with van der Waals surface area (Å²) in [4.78, 5) is 16.4. The molecule has 5 nitrogen and oxygen atoms in total. The summed E-state index contributed by atoms with van der Waals surface area (Å²) in [5.74, 6) is 1.64.